The molecule has 1 amide bonds. The number of ether oxygens (including phenoxy) is 1. The maximum atomic E-state index is 14.3. The van der Waals surface area contributed by atoms with Crippen LogP contribution in [0.3, 0.4) is 0 Å². The van der Waals surface area contributed by atoms with Gasteiger partial charge in [0.2, 0.25) is 0 Å². The molecule has 1 saturated carbocycles. The van der Waals surface area contributed by atoms with E-state index in [-0.39, 0.29) is 41.8 Å². The maximum absolute atomic E-state index is 14.3. The second-order valence-electron chi connectivity index (χ2n) is 12.1. The summed E-state index contributed by atoms with van der Waals surface area (Å²) in [6.07, 6.45) is 5.13. The van der Waals surface area contributed by atoms with E-state index in [0.717, 1.165) is 44.2 Å². The summed E-state index contributed by atoms with van der Waals surface area (Å²) >= 11 is 6.57. The van der Waals surface area contributed by atoms with Gasteiger partial charge in [0, 0.05) is 37.1 Å². The fourth-order valence-electron chi connectivity index (χ4n) is 7.18. The number of aliphatic hydroxyl groups excluding tert-OH is 1. The predicted octanol–water partition coefficient (Wildman–Crippen LogP) is 4.18. The number of benzene rings is 1. The van der Waals surface area contributed by atoms with Crippen LogP contribution in [0.5, 0.6) is 11.8 Å². The van der Waals surface area contributed by atoms with E-state index in [2.05, 4.69) is 9.80 Å². The first-order valence-corrected chi connectivity index (χ1v) is 14.9. The first kappa shape index (κ1) is 26.2. The molecule has 4 aliphatic heterocycles. The first-order chi connectivity index (χ1) is 19.3. The highest BCUT2D eigenvalue weighted by Gasteiger charge is 2.49. The van der Waals surface area contributed by atoms with Crippen LogP contribution >= 0.6 is 11.6 Å². The molecule has 2 N–H and O–H groups in total. The van der Waals surface area contributed by atoms with Gasteiger partial charge >= 0.3 is 6.01 Å². The minimum Gasteiger partial charge on any atom is -0.508 e. The highest BCUT2D eigenvalue weighted by atomic mass is 35.5. The van der Waals surface area contributed by atoms with Gasteiger partial charge in [0.1, 0.15) is 29.9 Å². The van der Waals surface area contributed by atoms with Crippen LogP contribution in [-0.2, 0) is 6.54 Å². The van der Waals surface area contributed by atoms with Crippen molar-refractivity contribution in [1.82, 2.24) is 14.9 Å². The molecule has 2 aromatic rings. The van der Waals surface area contributed by atoms with Crippen LogP contribution in [0.1, 0.15) is 78.9 Å². The average Bonchev–Trinajstić information content (AvgIpc) is 3.55. The molecule has 11 heteroatoms. The summed E-state index contributed by atoms with van der Waals surface area (Å²) in [7, 11) is 0. The Morgan fingerprint density at radius 1 is 1.12 bits per heavy atom. The molecule has 0 bridgehead atoms. The molecule has 0 radical (unpaired) electrons. The van der Waals surface area contributed by atoms with Crippen molar-refractivity contribution in [2.45, 2.75) is 81.6 Å². The van der Waals surface area contributed by atoms with Gasteiger partial charge in [0.05, 0.1) is 29.6 Å². The van der Waals surface area contributed by atoms with E-state index in [1.165, 1.54) is 6.07 Å². The molecule has 3 atom stereocenters. The molecule has 0 spiro atoms. The van der Waals surface area contributed by atoms with Crippen LogP contribution in [0.4, 0.5) is 15.9 Å². The minimum absolute atomic E-state index is 0.00750. The zero-order chi connectivity index (χ0) is 27.6. The van der Waals surface area contributed by atoms with Crippen molar-refractivity contribution in [2.24, 2.45) is 0 Å². The number of amides is 1. The molecule has 1 aromatic heterocycles. The Balaban J connectivity index is 1.25. The Morgan fingerprint density at radius 3 is 2.80 bits per heavy atom. The van der Waals surface area contributed by atoms with Crippen molar-refractivity contribution in [2.75, 3.05) is 42.6 Å². The number of rotatable bonds is 6. The molecule has 1 aliphatic carbocycles. The number of aromatic nitrogens is 2. The number of carbonyl (C=O) groups is 1. The monoisotopic (exact) mass is 571 g/mol. The normalized spacial score (nSPS) is 28.6. The number of halogens is 2. The van der Waals surface area contributed by atoms with Crippen molar-refractivity contribution in [1.29, 1.82) is 0 Å². The molecule has 5 aliphatic rings. The molecule has 7 rings (SSSR count). The summed E-state index contributed by atoms with van der Waals surface area (Å²) in [5, 5.41) is 21.1. The van der Waals surface area contributed by atoms with E-state index < -0.39 is 6.17 Å². The summed E-state index contributed by atoms with van der Waals surface area (Å²) in [5.41, 5.74) is 2.14. The van der Waals surface area contributed by atoms with E-state index in [1.54, 1.807) is 11.0 Å². The Morgan fingerprint density at radius 2 is 1.98 bits per heavy atom. The van der Waals surface area contributed by atoms with Gasteiger partial charge < -0.3 is 24.7 Å². The predicted molar refractivity (Wildman–Crippen MR) is 148 cm³/mol. The van der Waals surface area contributed by atoms with Crippen LogP contribution in [0.25, 0.3) is 0 Å². The van der Waals surface area contributed by atoms with Gasteiger partial charge in [-0.1, -0.05) is 11.6 Å². The number of fused-ring (bicyclic) bond motifs is 2. The standard InChI is InChI=1S/C29H35ClFN5O4/c30-21-11-20(38)12-23(24(21)17-4-5-17)36-15-22-25(27(36)39)26(34-8-1-3-19(37)6-10-34)33-28(32-22)40-16-29-7-2-9-35(29)14-18(31)13-29/h11-12,17-19,37-38H,1-10,13-16H2/t18-,19+,29+/m1/s1. The highest BCUT2D eigenvalue weighted by Crippen LogP contribution is 2.50. The van der Waals surface area contributed by atoms with Gasteiger partial charge in [-0.25, -0.2) is 4.39 Å². The molecular weight excluding hydrogens is 537 g/mol. The summed E-state index contributed by atoms with van der Waals surface area (Å²) in [6, 6.07) is 3.33. The lowest BCUT2D eigenvalue weighted by Crippen LogP contribution is -2.43. The number of phenolic OH excluding ortho intramolecular Hbond substituents is 1. The molecular formula is C29H35ClFN5O4. The number of aliphatic hydroxyl groups is 1. The minimum atomic E-state index is -0.857. The zero-order valence-corrected chi connectivity index (χ0v) is 23.2. The molecule has 0 unspecified atom stereocenters. The van der Waals surface area contributed by atoms with Crippen molar-refractivity contribution in [3.63, 3.8) is 0 Å². The fourth-order valence-corrected chi connectivity index (χ4v) is 7.54. The third-order valence-corrected chi connectivity index (χ3v) is 9.62. The van der Waals surface area contributed by atoms with Crippen LogP contribution in [0.15, 0.2) is 12.1 Å². The van der Waals surface area contributed by atoms with Gasteiger partial charge in [0.25, 0.3) is 5.91 Å². The van der Waals surface area contributed by atoms with E-state index in [9.17, 15) is 19.4 Å². The number of phenols is 1. The van der Waals surface area contributed by atoms with Crippen molar-refractivity contribution >= 4 is 29.0 Å². The molecule has 1 aromatic carbocycles. The number of nitrogens with zero attached hydrogens (tertiary/aromatic N) is 5. The Hall–Kier alpha value is -2.69. The van der Waals surface area contributed by atoms with Crippen molar-refractivity contribution in [3.8, 4) is 11.8 Å². The largest absolute Gasteiger partial charge is 0.508 e. The van der Waals surface area contributed by atoms with Crippen molar-refractivity contribution < 1.29 is 24.1 Å². The van der Waals surface area contributed by atoms with Crippen molar-refractivity contribution in [3.05, 3.63) is 34.0 Å². The Labute approximate surface area is 237 Å². The van der Waals surface area contributed by atoms with E-state index in [0.29, 0.717) is 73.3 Å². The van der Waals surface area contributed by atoms with Crippen LogP contribution < -0.4 is 14.5 Å². The fraction of sp³-hybridized carbons (Fsp3) is 0.621. The second kappa shape index (κ2) is 9.99. The molecule has 5 heterocycles. The van der Waals surface area contributed by atoms with Gasteiger partial charge in [-0.15, -0.1) is 0 Å². The summed E-state index contributed by atoms with van der Waals surface area (Å²) in [4.78, 5) is 29.4. The second-order valence-corrected chi connectivity index (χ2v) is 12.5. The van der Waals surface area contributed by atoms with Gasteiger partial charge in [-0.05, 0) is 69.0 Å². The summed E-state index contributed by atoms with van der Waals surface area (Å²) < 4.78 is 20.6. The Kier molecular flexibility index (Phi) is 6.55. The SMILES string of the molecule is O=C1c2c(nc(OC[C@@]34CCCN3C[C@H](F)C4)nc2N2CCC[C@H](O)CC2)CN1c1cc(O)cc(Cl)c1C1CC1. The summed E-state index contributed by atoms with van der Waals surface area (Å²) in [5.74, 6) is 0.543. The van der Waals surface area contributed by atoms with Crippen LogP contribution in [0.2, 0.25) is 5.02 Å². The molecule has 3 saturated heterocycles. The van der Waals surface area contributed by atoms with E-state index in [1.807, 2.05) is 0 Å². The maximum Gasteiger partial charge on any atom is 0.318 e. The molecule has 40 heavy (non-hydrogen) atoms. The van der Waals surface area contributed by atoms with Gasteiger partial charge in [-0.3, -0.25) is 9.69 Å². The number of alkyl halides is 1. The first-order valence-electron chi connectivity index (χ1n) is 14.5. The number of hydrogen-bond acceptors (Lipinski definition) is 8. The number of hydrogen-bond donors (Lipinski definition) is 2. The Bertz CT molecular complexity index is 1340. The van der Waals surface area contributed by atoms with E-state index in [4.69, 9.17) is 26.3 Å². The third-order valence-electron chi connectivity index (χ3n) is 9.31. The highest BCUT2D eigenvalue weighted by molar-refractivity contribution is 6.32. The lowest BCUT2D eigenvalue weighted by atomic mass is 9.95. The topological polar surface area (TPSA) is 102 Å². The zero-order valence-electron chi connectivity index (χ0n) is 22.5. The quantitative estimate of drug-likeness (QED) is 0.532. The van der Waals surface area contributed by atoms with E-state index >= 15 is 0 Å². The molecule has 214 valence electrons. The third kappa shape index (κ3) is 4.58. The van der Waals surface area contributed by atoms with Gasteiger partial charge in [0.15, 0.2) is 0 Å². The lowest BCUT2D eigenvalue weighted by molar-refractivity contribution is 0.0995. The summed E-state index contributed by atoms with van der Waals surface area (Å²) in [6.45, 7) is 3.03. The smallest absolute Gasteiger partial charge is 0.318 e. The number of carbonyl (C=O) groups excluding carboxylic acids is 1. The number of aromatic hydroxyl groups is 1. The van der Waals surface area contributed by atoms with Crippen LogP contribution in [-0.4, -0.2) is 81.6 Å². The average molecular weight is 572 g/mol. The van der Waals surface area contributed by atoms with Gasteiger partial charge in [-0.2, -0.15) is 9.97 Å². The molecule has 9 nitrogen and oxygen atoms in total. The van der Waals surface area contributed by atoms with Crippen LogP contribution in [0, 0.1) is 0 Å². The molecule has 4 fully saturated rings. The number of anilines is 2. The lowest BCUT2D eigenvalue weighted by Gasteiger charge is -2.31.